The summed E-state index contributed by atoms with van der Waals surface area (Å²) in [7, 11) is 0. The third kappa shape index (κ3) is 2.46. The highest BCUT2D eigenvalue weighted by molar-refractivity contribution is 6.32. The minimum Gasteiger partial charge on any atom is -0.478 e. The van der Waals surface area contributed by atoms with E-state index in [0.717, 1.165) is 0 Å². The van der Waals surface area contributed by atoms with Crippen molar-refractivity contribution in [3.8, 4) is 11.8 Å². The van der Waals surface area contributed by atoms with Gasteiger partial charge in [-0.1, -0.05) is 23.4 Å². The first kappa shape index (κ1) is 10.5. The van der Waals surface area contributed by atoms with E-state index in [1.165, 1.54) is 12.3 Å². The van der Waals surface area contributed by atoms with Crippen molar-refractivity contribution in [2.75, 3.05) is 6.54 Å². The lowest BCUT2D eigenvalue weighted by molar-refractivity contribution is 0.0696. The molecule has 0 atom stereocenters. The molecule has 0 aliphatic heterocycles. The lowest BCUT2D eigenvalue weighted by Gasteiger charge is -1.97. The quantitative estimate of drug-likeness (QED) is 0.530. The van der Waals surface area contributed by atoms with Crippen molar-refractivity contribution in [1.82, 2.24) is 4.98 Å². The predicted octanol–water partition coefficient (Wildman–Crippen LogP) is 0.743. The summed E-state index contributed by atoms with van der Waals surface area (Å²) in [6, 6.07) is 1.36. The van der Waals surface area contributed by atoms with Crippen molar-refractivity contribution in [2.45, 2.75) is 0 Å². The van der Waals surface area contributed by atoms with Crippen LogP contribution in [0.4, 0.5) is 0 Å². The highest BCUT2D eigenvalue weighted by Crippen LogP contribution is 2.13. The van der Waals surface area contributed by atoms with Gasteiger partial charge in [0.15, 0.2) is 0 Å². The van der Waals surface area contributed by atoms with Gasteiger partial charge in [-0.2, -0.15) is 0 Å². The van der Waals surface area contributed by atoms with Crippen molar-refractivity contribution in [3.63, 3.8) is 0 Å². The van der Waals surface area contributed by atoms with Gasteiger partial charge in [0.2, 0.25) is 0 Å². The van der Waals surface area contributed by atoms with Crippen LogP contribution < -0.4 is 5.73 Å². The number of carbonyl (C=O) groups is 1. The second-order valence-corrected chi connectivity index (χ2v) is 2.73. The molecular weight excluding hydrogens is 204 g/mol. The average molecular weight is 211 g/mol. The molecule has 1 aromatic rings. The fraction of sp³-hybridized carbons (Fsp3) is 0.111. The van der Waals surface area contributed by atoms with E-state index >= 15 is 0 Å². The van der Waals surface area contributed by atoms with Crippen LogP contribution in [0.25, 0.3) is 0 Å². The first-order chi connectivity index (χ1) is 6.65. The number of pyridine rings is 1. The van der Waals surface area contributed by atoms with E-state index in [1.807, 2.05) is 0 Å². The summed E-state index contributed by atoms with van der Waals surface area (Å²) >= 11 is 5.56. The molecule has 0 amide bonds. The van der Waals surface area contributed by atoms with Crippen LogP contribution in [-0.4, -0.2) is 22.6 Å². The molecule has 5 heteroatoms. The predicted molar refractivity (Wildman–Crippen MR) is 52.1 cm³/mol. The van der Waals surface area contributed by atoms with Crippen LogP contribution in [-0.2, 0) is 0 Å². The first-order valence-corrected chi connectivity index (χ1v) is 4.10. The van der Waals surface area contributed by atoms with Crippen molar-refractivity contribution in [2.24, 2.45) is 5.73 Å². The van der Waals surface area contributed by atoms with E-state index in [2.05, 4.69) is 16.8 Å². The Kier molecular flexibility index (Phi) is 3.46. The molecule has 1 heterocycles. The summed E-state index contributed by atoms with van der Waals surface area (Å²) in [4.78, 5) is 14.3. The molecular formula is C9H7ClN2O2. The van der Waals surface area contributed by atoms with Gasteiger partial charge in [0, 0.05) is 11.8 Å². The third-order valence-corrected chi connectivity index (χ3v) is 1.71. The van der Waals surface area contributed by atoms with E-state index in [9.17, 15) is 4.79 Å². The Morgan fingerprint density at radius 3 is 3.00 bits per heavy atom. The van der Waals surface area contributed by atoms with Gasteiger partial charge in [0.05, 0.1) is 12.1 Å². The third-order valence-electron chi connectivity index (χ3n) is 1.40. The molecule has 3 N–H and O–H groups in total. The van der Waals surface area contributed by atoms with Gasteiger partial charge in [-0.3, -0.25) is 0 Å². The van der Waals surface area contributed by atoms with E-state index in [0.29, 0.717) is 5.56 Å². The number of hydrogen-bond donors (Lipinski definition) is 2. The Hall–Kier alpha value is -1.57. The maximum atomic E-state index is 10.7. The minimum atomic E-state index is -1.13. The van der Waals surface area contributed by atoms with Crippen molar-refractivity contribution in [1.29, 1.82) is 0 Å². The Morgan fingerprint density at radius 2 is 2.43 bits per heavy atom. The van der Waals surface area contributed by atoms with Crippen LogP contribution in [0.2, 0.25) is 5.15 Å². The minimum absolute atomic E-state index is 0.0456. The Morgan fingerprint density at radius 1 is 1.71 bits per heavy atom. The lowest BCUT2D eigenvalue weighted by atomic mass is 10.2. The maximum absolute atomic E-state index is 10.7. The zero-order valence-corrected chi connectivity index (χ0v) is 7.88. The second kappa shape index (κ2) is 4.61. The highest BCUT2D eigenvalue weighted by atomic mass is 35.5. The van der Waals surface area contributed by atoms with Gasteiger partial charge >= 0.3 is 5.97 Å². The van der Waals surface area contributed by atoms with Crippen LogP contribution in [0.3, 0.4) is 0 Å². The molecule has 0 aliphatic carbocycles. The summed E-state index contributed by atoms with van der Waals surface area (Å²) in [5.74, 6) is 4.13. The van der Waals surface area contributed by atoms with Crippen LogP contribution in [0.15, 0.2) is 12.3 Å². The largest absolute Gasteiger partial charge is 0.478 e. The number of nitrogens with two attached hydrogens (primary N) is 1. The van der Waals surface area contributed by atoms with E-state index in [-0.39, 0.29) is 17.3 Å². The van der Waals surface area contributed by atoms with Crippen LogP contribution >= 0.6 is 11.6 Å². The molecule has 0 spiro atoms. The average Bonchev–Trinajstić information content (AvgIpc) is 2.16. The number of carboxylic acids is 1. The lowest BCUT2D eigenvalue weighted by Crippen LogP contribution is -2.00. The number of hydrogen-bond acceptors (Lipinski definition) is 3. The fourth-order valence-corrected chi connectivity index (χ4v) is 1.00. The normalized spacial score (nSPS) is 9.00. The number of rotatable bonds is 1. The second-order valence-electron chi connectivity index (χ2n) is 2.37. The fourth-order valence-electron chi connectivity index (χ4n) is 0.820. The molecule has 0 saturated carbocycles. The molecule has 0 unspecified atom stereocenters. The summed E-state index contributed by atoms with van der Waals surface area (Å²) in [5, 5.41) is 8.67. The van der Waals surface area contributed by atoms with Gasteiger partial charge < -0.3 is 10.8 Å². The molecule has 72 valence electrons. The standard InChI is InChI=1S/C9H7ClN2O2/c10-8-7(9(13)14)4-6(5-12-8)2-1-3-11/h4-5H,3,11H2,(H,13,14). The SMILES string of the molecule is NCC#Cc1cnc(Cl)c(C(=O)O)c1. The zero-order valence-electron chi connectivity index (χ0n) is 7.12. The highest BCUT2D eigenvalue weighted by Gasteiger charge is 2.09. The van der Waals surface area contributed by atoms with E-state index in [4.69, 9.17) is 22.4 Å². The molecule has 4 nitrogen and oxygen atoms in total. The van der Waals surface area contributed by atoms with E-state index in [1.54, 1.807) is 0 Å². The van der Waals surface area contributed by atoms with Crippen molar-refractivity contribution >= 4 is 17.6 Å². The number of aromatic carboxylic acids is 1. The monoisotopic (exact) mass is 210 g/mol. The molecule has 1 aromatic heterocycles. The summed E-state index contributed by atoms with van der Waals surface area (Å²) in [5.41, 5.74) is 5.59. The number of nitrogens with zero attached hydrogens (tertiary/aromatic N) is 1. The van der Waals surface area contributed by atoms with Gasteiger partial charge in [-0.05, 0) is 6.07 Å². The first-order valence-electron chi connectivity index (χ1n) is 3.73. The van der Waals surface area contributed by atoms with Crippen molar-refractivity contribution in [3.05, 3.63) is 28.5 Å². The number of halogens is 1. The summed E-state index contributed by atoms with van der Waals surface area (Å²) in [6.07, 6.45) is 1.40. The molecule has 0 aromatic carbocycles. The van der Waals surface area contributed by atoms with Crippen LogP contribution in [0, 0.1) is 11.8 Å². The molecule has 0 saturated heterocycles. The topological polar surface area (TPSA) is 76.2 Å². The summed E-state index contributed by atoms with van der Waals surface area (Å²) in [6.45, 7) is 0.213. The van der Waals surface area contributed by atoms with Gasteiger partial charge in [0.25, 0.3) is 0 Å². The van der Waals surface area contributed by atoms with Gasteiger partial charge in [-0.15, -0.1) is 0 Å². The van der Waals surface area contributed by atoms with Crippen LogP contribution in [0.5, 0.6) is 0 Å². The number of carboxylic acid groups (broad SMARTS) is 1. The Bertz CT molecular complexity index is 421. The van der Waals surface area contributed by atoms with Gasteiger partial charge in [0.1, 0.15) is 5.15 Å². The molecule has 0 bridgehead atoms. The van der Waals surface area contributed by atoms with Crippen LogP contribution in [0.1, 0.15) is 15.9 Å². The zero-order chi connectivity index (χ0) is 10.6. The van der Waals surface area contributed by atoms with E-state index < -0.39 is 5.97 Å². The molecule has 1 rings (SSSR count). The maximum Gasteiger partial charge on any atom is 0.338 e. The molecule has 0 fully saturated rings. The molecule has 14 heavy (non-hydrogen) atoms. The Balaban J connectivity index is 3.13. The Labute approximate surface area is 85.7 Å². The summed E-state index contributed by atoms with van der Waals surface area (Å²) < 4.78 is 0. The number of aromatic nitrogens is 1. The smallest absolute Gasteiger partial charge is 0.338 e. The van der Waals surface area contributed by atoms with Crippen molar-refractivity contribution < 1.29 is 9.90 Å². The van der Waals surface area contributed by atoms with Gasteiger partial charge in [-0.25, -0.2) is 9.78 Å². The molecule has 0 aliphatic rings. The molecule has 0 radical (unpaired) electrons.